The minimum absolute atomic E-state index is 0.0973. The van der Waals surface area contributed by atoms with Crippen LogP contribution in [0.3, 0.4) is 0 Å². The van der Waals surface area contributed by atoms with E-state index in [1.807, 2.05) is 0 Å². The van der Waals surface area contributed by atoms with Gasteiger partial charge in [-0.15, -0.1) is 0 Å². The quantitative estimate of drug-likeness (QED) is 0.163. The van der Waals surface area contributed by atoms with Crippen molar-refractivity contribution in [3.63, 3.8) is 0 Å². The van der Waals surface area contributed by atoms with Crippen LogP contribution in [0.25, 0.3) is 111 Å². The molecule has 0 unspecified atom stereocenters. The van der Waals surface area contributed by atoms with Crippen molar-refractivity contribution in [3.05, 3.63) is 241 Å². The van der Waals surface area contributed by atoms with Crippen molar-refractivity contribution in [1.82, 2.24) is 9.13 Å². The minimum Gasteiger partial charge on any atom is -0.309 e. The number of nitrogens with zero attached hydrogens (tertiary/aromatic N) is 2. The van der Waals surface area contributed by atoms with Crippen LogP contribution in [0.4, 0.5) is 0 Å². The van der Waals surface area contributed by atoms with Gasteiger partial charge in [-0.2, -0.15) is 0 Å². The second-order valence-electron chi connectivity index (χ2n) is 20.1. The first-order valence-electron chi connectivity index (χ1n) is 24.0. The van der Waals surface area contributed by atoms with Gasteiger partial charge in [-0.1, -0.05) is 167 Å². The van der Waals surface area contributed by atoms with Crippen LogP contribution in [-0.4, -0.2) is 9.13 Å². The summed E-state index contributed by atoms with van der Waals surface area (Å²) in [6.07, 6.45) is 0. The number of hydrogen-bond acceptors (Lipinski definition) is 0. The second kappa shape index (κ2) is 14.2. The van der Waals surface area contributed by atoms with Crippen LogP contribution in [0, 0.1) is 0 Å². The third kappa shape index (κ3) is 5.52. The molecular formula is C66H48N2. The highest BCUT2D eigenvalue weighted by Crippen LogP contribution is 2.53. The predicted molar refractivity (Wildman–Crippen MR) is 287 cm³/mol. The van der Waals surface area contributed by atoms with Gasteiger partial charge < -0.3 is 9.13 Å². The Morgan fingerprint density at radius 1 is 0.250 bits per heavy atom. The SMILES string of the molecule is CC1(C)c2ccccc2-c2cc3c4ccccc4n(-c4cccc(-c5cc(-c6ccccc6)cc(-c6cccc(-n7c8ccccc8c8cc9c(cc87)C(C)(C)c7ccccc7-9)c6)c5)c4)c3cc21. The van der Waals surface area contributed by atoms with Gasteiger partial charge in [-0.3, -0.25) is 0 Å². The van der Waals surface area contributed by atoms with E-state index in [1.54, 1.807) is 0 Å². The molecule has 2 heterocycles. The van der Waals surface area contributed by atoms with E-state index in [2.05, 4.69) is 255 Å². The Labute approximate surface area is 397 Å². The molecule has 12 aromatic rings. The molecule has 10 aromatic carbocycles. The summed E-state index contributed by atoms with van der Waals surface area (Å²) in [6.45, 7) is 9.49. The van der Waals surface area contributed by atoms with E-state index in [0.29, 0.717) is 0 Å². The average Bonchev–Trinajstić information content (AvgIpc) is 4.04. The third-order valence-corrected chi connectivity index (χ3v) is 15.7. The molecule has 2 aromatic heterocycles. The molecule has 0 saturated carbocycles. The van der Waals surface area contributed by atoms with Gasteiger partial charge in [0, 0.05) is 43.7 Å². The van der Waals surface area contributed by atoms with Gasteiger partial charge in [0.25, 0.3) is 0 Å². The van der Waals surface area contributed by atoms with Gasteiger partial charge in [0.15, 0.2) is 0 Å². The zero-order valence-corrected chi connectivity index (χ0v) is 38.7. The van der Waals surface area contributed by atoms with Crippen molar-refractivity contribution in [1.29, 1.82) is 0 Å². The van der Waals surface area contributed by atoms with E-state index in [-0.39, 0.29) is 10.8 Å². The monoisotopic (exact) mass is 868 g/mol. The smallest absolute Gasteiger partial charge is 0.0544 e. The Bertz CT molecular complexity index is 3840. The van der Waals surface area contributed by atoms with Gasteiger partial charge >= 0.3 is 0 Å². The van der Waals surface area contributed by atoms with E-state index in [9.17, 15) is 0 Å². The maximum atomic E-state index is 2.49. The van der Waals surface area contributed by atoms with E-state index in [1.165, 1.54) is 122 Å². The predicted octanol–water partition coefficient (Wildman–Crippen LogP) is 17.5. The fourth-order valence-electron chi connectivity index (χ4n) is 12.3. The largest absolute Gasteiger partial charge is 0.309 e. The maximum Gasteiger partial charge on any atom is 0.0544 e. The lowest BCUT2D eigenvalue weighted by Crippen LogP contribution is -2.14. The molecule has 2 heteroatoms. The molecule has 2 aliphatic carbocycles. The summed E-state index contributed by atoms with van der Waals surface area (Å²) >= 11 is 0. The highest BCUT2D eigenvalue weighted by atomic mass is 15.0. The van der Waals surface area contributed by atoms with Crippen LogP contribution >= 0.6 is 0 Å². The third-order valence-electron chi connectivity index (χ3n) is 15.7. The second-order valence-corrected chi connectivity index (χ2v) is 20.1. The van der Waals surface area contributed by atoms with Gasteiger partial charge in [-0.05, 0) is 157 Å². The van der Waals surface area contributed by atoms with Crippen LogP contribution in [-0.2, 0) is 10.8 Å². The first-order valence-corrected chi connectivity index (χ1v) is 24.0. The Morgan fingerprint density at radius 2 is 0.647 bits per heavy atom. The molecular weight excluding hydrogens is 821 g/mol. The fourth-order valence-corrected chi connectivity index (χ4v) is 12.3. The van der Waals surface area contributed by atoms with Crippen molar-refractivity contribution < 1.29 is 0 Å². The standard InChI is InChI=1S/C66H48N2/c1-65(2)57-28-12-8-24-49(57)53-37-55-51-26-10-14-30-61(51)67(63(55)39-59(53)65)47-22-16-20-42(35-47)45-32-44(41-18-6-5-7-19-41)33-46(34-45)43-21-17-23-48(36-43)68-62-31-15-11-27-52(62)56-38-54-50-25-9-13-29-58(50)66(3,4)60(54)40-64(56)68/h5-40H,1-4H3. The van der Waals surface area contributed by atoms with E-state index in [0.717, 1.165) is 11.4 Å². The highest BCUT2D eigenvalue weighted by molar-refractivity contribution is 6.13. The lowest BCUT2D eigenvalue weighted by atomic mass is 9.82. The normalized spacial score (nSPS) is 14.1. The lowest BCUT2D eigenvalue weighted by molar-refractivity contribution is 0.661. The summed E-state index contributed by atoms with van der Waals surface area (Å²) in [5.74, 6) is 0. The van der Waals surface area contributed by atoms with Crippen LogP contribution in [0.1, 0.15) is 49.9 Å². The molecule has 0 spiro atoms. The molecule has 0 radical (unpaired) electrons. The topological polar surface area (TPSA) is 9.86 Å². The first kappa shape index (κ1) is 39.0. The van der Waals surface area contributed by atoms with E-state index < -0.39 is 0 Å². The van der Waals surface area contributed by atoms with Gasteiger partial charge in [-0.25, -0.2) is 0 Å². The van der Waals surface area contributed by atoms with Crippen molar-refractivity contribution in [3.8, 4) is 67.0 Å². The minimum atomic E-state index is -0.0973. The summed E-state index contributed by atoms with van der Waals surface area (Å²) < 4.78 is 4.97. The summed E-state index contributed by atoms with van der Waals surface area (Å²) in [4.78, 5) is 0. The Morgan fingerprint density at radius 3 is 1.13 bits per heavy atom. The van der Waals surface area contributed by atoms with Gasteiger partial charge in [0.1, 0.15) is 0 Å². The number of fused-ring (bicyclic) bond motifs is 12. The molecule has 0 amide bonds. The first-order chi connectivity index (χ1) is 33.2. The van der Waals surface area contributed by atoms with E-state index >= 15 is 0 Å². The number of para-hydroxylation sites is 2. The summed E-state index contributed by atoms with van der Waals surface area (Å²) in [5.41, 5.74) is 25.1. The van der Waals surface area contributed by atoms with Gasteiger partial charge in [0.2, 0.25) is 0 Å². The molecule has 2 nitrogen and oxygen atoms in total. The van der Waals surface area contributed by atoms with Crippen molar-refractivity contribution in [2.24, 2.45) is 0 Å². The fraction of sp³-hybridized carbons (Fsp3) is 0.0909. The summed E-state index contributed by atoms with van der Waals surface area (Å²) in [6, 6.07) is 81.8. The zero-order valence-electron chi connectivity index (χ0n) is 38.7. The van der Waals surface area contributed by atoms with Crippen LogP contribution < -0.4 is 0 Å². The molecule has 68 heavy (non-hydrogen) atoms. The van der Waals surface area contributed by atoms with Crippen molar-refractivity contribution in [2.75, 3.05) is 0 Å². The average molecular weight is 869 g/mol. The van der Waals surface area contributed by atoms with Gasteiger partial charge in [0.05, 0.1) is 22.1 Å². The van der Waals surface area contributed by atoms with Crippen LogP contribution in [0.5, 0.6) is 0 Å². The molecule has 2 aliphatic rings. The molecule has 0 atom stereocenters. The molecule has 0 saturated heterocycles. The number of hydrogen-bond donors (Lipinski definition) is 0. The number of benzene rings is 10. The van der Waals surface area contributed by atoms with E-state index in [4.69, 9.17) is 0 Å². The summed E-state index contributed by atoms with van der Waals surface area (Å²) in [7, 11) is 0. The Balaban J connectivity index is 0.932. The maximum absolute atomic E-state index is 2.49. The Hall–Kier alpha value is -8.20. The molecule has 0 aliphatic heterocycles. The van der Waals surface area contributed by atoms with Crippen LogP contribution in [0.2, 0.25) is 0 Å². The summed E-state index contributed by atoms with van der Waals surface area (Å²) in [5, 5.41) is 5.11. The van der Waals surface area contributed by atoms with Crippen molar-refractivity contribution in [2.45, 2.75) is 38.5 Å². The lowest BCUT2D eigenvalue weighted by Gasteiger charge is -2.21. The molecule has 0 bridgehead atoms. The number of aromatic nitrogens is 2. The molecule has 14 rings (SSSR count). The number of rotatable bonds is 5. The van der Waals surface area contributed by atoms with Crippen molar-refractivity contribution >= 4 is 43.6 Å². The highest BCUT2D eigenvalue weighted by Gasteiger charge is 2.37. The molecule has 0 fully saturated rings. The molecule has 322 valence electrons. The van der Waals surface area contributed by atoms with Crippen LogP contribution in [0.15, 0.2) is 218 Å². The zero-order chi connectivity index (χ0) is 45.5. The molecule has 0 N–H and O–H groups in total. The Kier molecular flexibility index (Phi) is 8.12.